The predicted octanol–water partition coefficient (Wildman–Crippen LogP) is 3.45. The molecule has 1 amide bonds. The molecule has 23 heavy (non-hydrogen) atoms. The third-order valence-electron chi connectivity index (χ3n) is 5.14. The molecule has 4 nitrogen and oxygen atoms in total. The van der Waals surface area contributed by atoms with E-state index in [2.05, 4.69) is 6.07 Å². The minimum atomic E-state index is -0.728. The number of thiophene rings is 1. The van der Waals surface area contributed by atoms with Crippen LogP contribution >= 0.6 is 11.3 Å². The van der Waals surface area contributed by atoms with Crippen LogP contribution in [0.4, 0.5) is 5.69 Å². The Morgan fingerprint density at radius 3 is 3.09 bits per heavy atom. The van der Waals surface area contributed by atoms with Crippen LogP contribution in [-0.2, 0) is 9.53 Å². The topological polar surface area (TPSA) is 49.8 Å². The van der Waals surface area contributed by atoms with Gasteiger partial charge in [0.1, 0.15) is 0 Å². The van der Waals surface area contributed by atoms with Crippen LogP contribution < -0.4 is 4.90 Å². The van der Waals surface area contributed by atoms with Crippen LogP contribution in [-0.4, -0.2) is 16.7 Å². The molecule has 0 bridgehead atoms. The highest BCUT2D eigenvalue weighted by atomic mass is 32.1. The van der Waals surface area contributed by atoms with Crippen LogP contribution in [0.15, 0.2) is 48.0 Å². The number of benzene rings is 1. The Morgan fingerprint density at radius 1 is 1.35 bits per heavy atom. The van der Waals surface area contributed by atoms with Crippen LogP contribution in [0, 0.1) is 5.92 Å². The molecule has 1 aromatic carbocycles. The number of hydrogen-bond acceptors (Lipinski definition) is 4. The fourth-order valence-electron chi connectivity index (χ4n) is 4.09. The molecule has 3 atom stereocenters. The molecule has 1 aromatic heterocycles. The van der Waals surface area contributed by atoms with E-state index in [0.29, 0.717) is 12.8 Å². The standard InChI is InChI=1S/C18H15NO3S/c20-16-5-7-18-13(6-8-22-18)17(21)12-10-11(15-2-1-9-23-15)3-4-14(12)19(16)18/h1-4,6,8-10,13,17,21H,5,7H2/t13-,17+,18-/m0/s1. The Labute approximate surface area is 137 Å². The van der Waals surface area contributed by atoms with Gasteiger partial charge in [0, 0.05) is 23.3 Å². The number of aliphatic hydroxyl groups excluding tert-OH is 1. The minimum absolute atomic E-state index is 0.0655. The Balaban J connectivity index is 1.71. The fourth-order valence-corrected chi connectivity index (χ4v) is 4.82. The second-order valence-electron chi connectivity index (χ2n) is 6.24. The first kappa shape index (κ1) is 13.3. The second kappa shape index (κ2) is 4.46. The Kier molecular flexibility index (Phi) is 2.59. The van der Waals surface area contributed by atoms with E-state index in [0.717, 1.165) is 21.7 Å². The zero-order chi connectivity index (χ0) is 15.6. The molecule has 2 aromatic rings. The summed E-state index contributed by atoms with van der Waals surface area (Å²) in [4.78, 5) is 15.4. The van der Waals surface area contributed by atoms with Crippen molar-refractivity contribution < 1.29 is 14.6 Å². The summed E-state index contributed by atoms with van der Waals surface area (Å²) in [6.07, 6.45) is 3.93. The molecule has 5 heteroatoms. The van der Waals surface area contributed by atoms with Crippen LogP contribution in [0.2, 0.25) is 0 Å². The highest BCUT2D eigenvalue weighted by Crippen LogP contribution is 2.55. The molecule has 0 unspecified atom stereocenters. The Hall–Kier alpha value is -2.11. The van der Waals surface area contributed by atoms with Crippen molar-refractivity contribution >= 4 is 22.9 Å². The summed E-state index contributed by atoms with van der Waals surface area (Å²) in [7, 11) is 0. The van der Waals surface area contributed by atoms with Crippen molar-refractivity contribution in [1.29, 1.82) is 0 Å². The van der Waals surface area contributed by atoms with Gasteiger partial charge in [-0.1, -0.05) is 12.1 Å². The molecule has 3 aliphatic heterocycles. The van der Waals surface area contributed by atoms with Gasteiger partial charge >= 0.3 is 0 Å². The first-order chi connectivity index (χ1) is 11.2. The fraction of sp³-hybridized carbons (Fsp3) is 0.278. The molecule has 1 N–H and O–H groups in total. The summed E-state index contributed by atoms with van der Waals surface area (Å²) in [6, 6.07) is 10.0. The summed E-state index contributed by atoms with van der Waals surface area (Å²) >= 11 is 1.67. The average molecular weight is 325 g/mol. The van der Waals surface area contributed by atoms with Gasteiger partial charge in [0.15, 0.2) is 5.72 Å². The van der Waals surface area contributed by atoms with Crippen LogP contribution in [0.3, 0.4) is 0 Å². The number of carbonyl (C=O) groups is 1. The third kappa shape index (κ3) is 1.61. The number of hydrogen-bond donors (Lipinski definition) is 1. The molecular weight excluding hydrogens is 310 g/mol. The van der Waals surface area contributed by atoms with Crippen molar-refractivity contribution in [2.75, 3.05) is 4.90 Å². The normalized spacial score (nSPS) is 30.8. The molecule has 1 saturated heterocycles. The molecule has 0 aliphatic carbocycles. The van der Waals surface area contributed by atoms with Crippen molar-refractivity contribution in [3.05, 3.63) is 53.6 Å². The number of anilines is 1. The summed E-state index contributed by atoms with van der Waals surface area (Å²) < 4.78 is 5.84. The van der Waals surface area contributed by atoms with Crippen molar-refractivity contribution in [3.8, 4) is 10.4 Å². The molecule has 1 spiro atoms. The predicted molar refractivity (Wildman–Crippen MR) is 87.9 cm³/mol. The molecule has 5 rings (SSSR count). The summed E-state index contributed by atoms with van der Waals surface area (Å²) in [5, 5.41) is 13.0. The molecule has 116 valence electrons. The number of fused-ring (bicyclic) bond motifs is 2. The highest BCUT2D eigenvalue weighted by molar-refractivity contribution is 7.13. The number of carbonyl (C=O) groups excluding carboxylic acids is 1. The lowest BCUT2D eigenvalue weighted by molar-refractivity contribution is -0.119. The number of nitrogens with zero attached hydrogens (tertiary/aromatic N) is 1. The van der Waals surface area contributed by atoms with Crippen molar-refractivity contribution in [3.63, 3.8) is 0 Å². The van der Waals surface area contributed by atoms with Crippen LogP contribution in [0.5, 0.6) is 0 Å². The van der Waals surface area contributed by atoms with E-state index in [1.54, 1.807) is 22.5 Å². The SMILES string of the molecule is O=C1CC[C@]23OC=C[C@H]2[C@H](O)c2cc(-c4cccs4)ccc2N13. The quantitative estimate of drug-likeness (QED) is 0.874. The van der Waals surface area contributed by atoms with E-state index in [1.807, 2.05) is 35.7 Å². The largest absolute Gasteiger partial charge is 0.475 e. The third-order valence-corrected chi connectivity index (χ3v) is 6.06. The molecule has 0 radical (unpaired) electrons. The lowest BCUT2D eigenvalue weighted by Gasteiger charge is -2.45. The molecule has 1 fully saturated rings. The second-order valence-corrected chi connectivity index (χ2v) is 7.19. The van der Waals surface area contributed by atoms with E-state index in [1.165, 1.54) is 0 Å². The van der Waals surface area contributed by atoms with E-state index in [9.17, 15) is 9.90 Å². The zero-order valence-corrected chi connectivity index (χ0v) is 13.1. The average Bonchev–Trinajstić information content (AvgIpc) is 3.28. The first-order valence-electron chi connectivity index (χ1n) is 7.74. The highest BCUT2D eigenvalue weighted by Gasteiger charge is 2.60. The Morgan fingerprint density at radius 2 is 2.26 bits per heavy atom. The number of aliphatic hydroxyl groups is 1. The summed E-state index contributed by atoms with van der Waals surface area (Å²) in [5.41, 5.74) is 1.93. The maximum absolute atomic E-state index is 12.5. The Bertz CT molecular complexity index is 829. The number of ether oxygens (including phenoxy) is 1. The van der Waals surface area contributed by atoms with E-state index in [-0.39, 0.29) is 11.8 Å². The molecule has 4 heterocycles. The van der Waals surface area contributed by atoms with Gasteiger partial charge in [-0.3, -0.25) is 9.69 Å². The van der Waals surface area contributed by atoms with Crippen LogP contribution in [0.25, 0.3) is 10.4 Å². The maximum atomic E-state index is 12.5. The van der Waals surface area contributed by atoms with Gasteiger partial charge in [-0.25, -0.2) is 0 Å². The minimum Gasteiger partial charge on any atom is -0.475 e. The zero-order valence-electron chi connectivity index (χ0n) is 12.3. The van der Waals surface area contributed by atoms with Crippen LogP contribution in [0.1, 0.15) is 24.5 Å². The van der Waals surface area contributed by atoms with Gasteiger partial charge in [-0.05, 0) is 35.2 Å². The van der Waals surface area contributed by atoms with Crippen molar-refractivity contribution in [2.45, 2.75) is 24.7 Å². The van der Waals surface area contributed by atoms with Gasteiger partial charge in [-0.15, -0.1) is 11.3 Å². The molecular formula is C18H15NO3S. The first-order valence-corrected chi connectivity index (χ1v) is 8.62. The summed E-state index contributed by atoms with van der Waals surface area (Å²) in [5.74, 6) is -0.143. The van der Waals surface area contributed by atoms with E-state index >= 15 is 0 Å². The molecule has 0 saturated carbocycles. The maximum Gasteiger partial charge on any atom is 0.230 e. The van der Waals surface area contributed by atoms with Crippen molar-refractivity contribution in [2.24, 2.45) is 5.92 Å². The smallest absolute Gasteiger partial charge is 0.230 e. The van der Waals surface area contributed by atoms with Gasteiger partial charge in [0.2, 0.25) is 5.91 Å². The van der Waals surface area contributed by atoms with Crippen molar-refractivity contribution in [1.82, 2.24) is 0 Å². The van der Waals surface area contributed by atoms with Gasteiger partial charge in [-0.2, -0.15) is 0 Å². The number of rotatable bonds is 1. The van der Waals surface area contributed by atoms with Gasteiger partial charge < -0.3 is 9.84 Å². The lowest BCUT2D eigenvalue weighted by atomic mass is 9.80. The van der Waals surface area contributed by atoms with E-state index < -0.39 is 11.8 Å². The van der Waals surface area contributed by atoms with Gasteiger partial charge in [0.25, 0.3) is 0 Å². The molecule has 3 aliphatic rings. The lowest BCUT2D eigenvalue weighted by Crippen LogP contribution is -2.55. The summed E-state index contributed by atoms with van der Waals surface area (Å²) in [6.45, 7) is 0. The number of amides is 1. The van der Waals surface area contributed by atoms with E-state index in [4.69, 9.17) is 4.74 Å². The monoisotopic (exact) mass is 325 g/mol. The van der Waals surface area contributed by atoms with Gasteiger partial charge in [0.05, 0.1) is 24.0 Å².